The summed E-state index contributed by atoms with van der Waals surface area (Å²) in [6, 6.07) is 9.87. The number of hydrogen-bond donors (Lipinski definition) is 2. The topological polar surface area (TPSA) is 54.0 Å². The highest BCUT2D eigenvalue weighted by Gasteiger charge is 2.08. The predicted molar refractivity (Wildman–Crippen MR) is 90.9 cm³/mol. The largest absolute Gasteiger partial charge is 0.370 e. The Kier molecular flexibility index (Phi) is 6.09. The summed E-state index contributed by atoms with van der Waals surface area (Å²) in [4.78, 5) is 16.2. The Morgan fingerprint density at radius 3 is 2.65 bits per heavy atom. The van der Waals surface area contributed by atoms with E-state index in [0.717, 1.165) is 18.8 Å². The predicted octanol–water partition coefficient (Wildman–Crippen LogP) is 3.86. The monoisotopic (exact) mass is 315 g/mol. The number of benzene rings is 1. The maximum absolute atomic E-state index is 13.5. The van der Waals surface area contributed by atoms with Gasteiger partial charge in [0.15, 0.2) is 0 Å². The highest BCUT2D eigenvalue weighted by molar-refractivity contribution is 5.92. The molecule has 0 saturated carbocycles. The van der Waals surface area contributed by atoms with E-state index in [1.54, 1.807) is 30.5 Å². The van der Waals surface area contributed by atoms with Crippen LogP contribution in [-0.2, 0) is 11.2 Å². The van der Waals surface area contributed by atoms with Crippen LogP contribution in [0.2, 0.25) is 0 Å². The number of rotatable bonds is 7. The lowest BCUT2D eigenvalue weighted by atomic mass is 10.1. The van der Waals surface area contributed by atoms with Crippen LogP contribution in [0, 0.1) is 11.7 Å². The SMILES string of the molecule is CC(C)CCNc1ccc(NC(=O)Cc2ccccc2F)cn1. The molecule has 122 valence electrons. The first kappa shape index (κ1) is 16.9. The Balaban J connectivity index is 1.85. The van der Waals surface area contributed by atoms with Crippen LogP contribution in [0.4, 0.5) is 15.9 Å². The van der Waals surface area contributed by atoms with E-state index in [1.165, 1.54) is 6.07 Å². The molecule has 23 heavy (non-hydrogen) atoms. The minimum Gasteiger partial charge on any atom is -0.370 e. The zero-order valence-corrected chi connectivity index (χ0v) is 13.5. The molecule has 0 atom stereocenters. The number of carbonyl (C=O) groups is 1. The van der Waals surface area contributed by atoms with Gasteiger partial charge < -0.3 is 10.6 Å². The number of carbonyl (C=O) groups excluding carboxylic acids is 1. The van der Waals surface area contributed by atoms with Crippen molar-refractivity contribution >= 4 is 17.4 Å². The molecule has 0 saturated heterocycles. The molecule has 1 amide bonds. The van der Waals surface area contributed by atoms with E-state index >= 15 is 0 Å². The molecule has 1 aromatic heterocycles. The fraction of sp³-hybridized carbons (Fsp3) is 0.333. The maximum atomic E-state index is 13.5. The van der Waals surface area contributed by atoms with E-state index in [2.05, 4.69) is 29.5 Å². The Morgan fingerprint density at radius 1 is 1.22 bits per heavy atom. The number of nitrogens with zero attached hydrogens (tertiary/aromatic N) is 1. The maximum Gasteiger partial charge on any atom is 0.228 e. The van der Waals surface area contributed by atoms with Crippen molar-refractivity contribution in [2.75, 3.05) is 17.2 Å². The number of amides is 1. The summed E-state index contributed by atoms with van der Waals surface area (Å²) in [6.07, 6.45) is 2.67. The molecule has 0 aliphatic carbocycles. The van der Waals surface area contributed by atoms with Crippen molar-refractivity contribution < 1.29 is 9.18 Å². The van der Waals surface area contributed by atoms with Crippen LogP contribution in [0.3, 0.4) is 0 Å². The molecule has 0 aliphatic rings. The average molecular weight is 315 g/mol. The van der Waals surface area contributed by atoms with Gasteiger partial charge in [-0.15, -0.1) is 0 Å². The number of pyridine rings is 1. The fourth-order valence-electron chi connectivity index (χ4n) is 2.08. The summed E-state index contributed by atoms with van der Waals surface area (Å²) in [5.41, 5.74) is 0.977. The third-order valence-corrected chi connectivity index (χ3v) is 3.38. The molecular weight excluding hydrogens is 293 g/mol. The standard InChI is InChI=1S/C18H22FN3O/c1-13(2)9-10-20-17-8-7-15(12-21-17)22-18(23)11-14-5-3-4-6-16(14)19/h3-8,12-13H,9-11H2,1-2H3,(H,20,21)(H,22,23). The first-order valence-electron chi connectivity index (χ1n) is 7.78. The van der Waals surface area contributed by atoms with Gasteiger partial charge in [0.25, 0.3) is 0 Å². The lowest BCUT2D eigenvalue weighted by Gasteiger charge is -2.09. The average Bonchev–Trinajstić information content (AvgIpc) is 2.51. The first-order chi connectivity index (χ1) is 11.0. The summed E-state index contributed by atoms with van der Waals surface area (Å²) < 4.78 is 13.5. The van der Waals surface area contributed by atoms with Gasteiger partial charge in [-0.1, -0.05) is 32.0 Å². The smallest absolute Gasteiger partial charge is 0.228 e. The molecule has 0 unspecified atom stereocenters. The molecule has 4 nitrogen and oxygen atoms in total. The van der Waals surface area contributed by atoms with Crippen LogP contribution in [0.1, 0.15) is 25.8 Å². The van der Waals surface area contributed by atoms with Crippen molar-refractivity contribution in [3.8, 4) is 0 Å². The molecule has 2 N–H and O–H groups in total. The van der Waals surface area contributed by atoms with Crippen molar-refractivity contribution in [2.24, 2.45) is 5.92 Å². The van der Waals surface area contributed by atoms with E-state index < -0.39 is 0 Å². The molecule has 0 aliphatic heterocycles. The minimum absolute atomic E-state index is 0.00105. The highest BCUT2D eigenvalue weighted by Crippen LogP contribution is 2.12. The van der Waals surface area contributed by atoms with Gasteiger partial charge in [-0.25, -0.2) is 9.37 Å². The van der Waals surface area contributed by atoms with Gasteiger partial charge >= 0.3 is 0 Å². The Morgan fingerprint density at radius 2 is 2.00 bits per heavy atom. The van der Waals surface area contributed by atoms with E-state index in [1.807, 2.05) is 6.07 Å². The van der Waals surface area contributed by atoms with E-state index in [4.69, 9.17) is 0 Å². The Labute approximate surface area is 136 Å². The van der Waals surface area contributed by atoms with Crippen LogP contribution in [0.5, 0.6) is 0 Å². The fourth-order valence-corrected chi connectivity index (χ4v) is 2.08. The molecule has 1 heterocycles. The second-order valence-corrected chi connectivity index (χ2v) is 5.86. The summed E-state index contributed by atoms with van der Waals surface area (Å²) >= 11 is 0. The molecule has 2 rings (SSSR count). The molecular formula is C18H22FN3O. The lowest BCUT2D eigenvalue weighted by molar-refractivity contribution is -0.115. The number of nitrogens with one attached hydrogen (secondary N) is 2. The van der Waals surface area contributed by atoms with Crippen molar-refractivity contribution in [2.45, 2.75) is 26.7 Å². The van der Waals surface area contributed by atoms with Gasteiger partial charge in [0.05, 0.1) is 18.3 Å². The minimum atomic E-state index is -0.370. The first-order valence-corrected chi connectivity index (χ1v) is 7.78. The van der Waals surface area contributed by atoms with E-state index in [0.29, 0.717) is 17.2 Å². The summed E-state index contributed by atoms with van der Waals surface area (Å²) in [5, 5.41) is 5.95. The molecule has 0 bridgehead atoms. The van der Waals surface area contributed by atoms with Gasteiger partial charge in [0, 0.05) is 6.54 Å². The quantitative estimate of drug-likeness (QED) is 0.816. The number of halogens is 1. The summed E-state index contributed by atoms with van der Waals surface area (Å²) in [7, 11) is 0. The van der Waals surface area contributed by atoms with E-state index in [9.17, 15) is 9.18 Å². The number of aromatic nitrogens is 1. The van der Waals surface area contributed by atoms with Gasteiger partial charge in [-0.2, -0.15) is 0 Å². The summed E-state index contributed by atoms with van der Waals surface area (Å²) in [5.74, 6) is 0.778. The molecule has 5 heteroatoms. The third kappa shape index (κ3) is 5.70. The van der Waals surface area contributed by atoms with Gasteiger partial charge in [0.2, 0.25) is 5.91 Å². The normalized spacial score (nSPS) is 10.6. The van der Waals surface area contributed by atoms with Crippen molar-refractivity contribution in [3.63, 3.8) is 0 Å². The Hall–Kier alpha value is -2.43. The van der Waals surface area contributed by atoms with Crippen molar-refractivity contribution in [3.05, 3.63) is 54.0 Å². The van der Waals surface area contributed by atoms with Crippen molar-refractivity contribution in [1.82, 2.24) is 4.98 Å². The van der Waals surface area contributed by atoms with Crippen LogP contribution in [0.25, 0.3) is 0 Å². The number of hydrogen-bond acceptors (Lipinski definition) is 3. The molecule has 0 spiro atoms. The van der Waals surface area contributed by atoms with Crippen LogP contribution in [-0.4, -0.2) is 17.4 Å². The van der Waals surface area contributed by atoms with E-state index in [-0.39, 0.29) is 18.1 Å². The molecule has 0 radical (unpaired) electrons. The van der Waals surface area contributed by atoms with Crippen molar-refractivity contribution in [1.29, 1.82) is 0 Å². The zero-order valence-electron chi connectivity index (χ0n) is 13.5. The van der Waals surface area contributed by atoms with Crippen LogP contribution < -0.4 is 10.6 Å². The molecule has 0 fully saturated rings. The van der Waals surface area contributed by atoms with Gasteiger partial charge in [-0.3, -0.25) is 4.79 Å². The Bertz CT molecular complexity index is 641. The van der Waals surface area contributed by atoms with Gasteiger partial charge in [0.1, 0.15) is 11.6 Å². The second-order valence-electron chi connectivity index (χ2n) is 5.86. The summed E-state index contributed by atoms with van der Waals surface area (Å²) in [6.45, 7) is 5.20. The highest BCUT2D eigenvalue weighted by atomic mass is 19.1. The zero-order chi connectivity index (χ0) is 16.7. The van der Waals surface area contributed by atoms with Crippen LogP contribution in [0.15, 0.2) is 42.6 Å². The molecule has 2 aromatic rings. The third-order valence-electron chi connectivity index (χ3n) is 3.38. The number of anilines is 2. The second kappa shape index (κ2) is 8.27. The lowest BCUT2D eigenvalue weighted by Crippen LogP contribution is -2.15. The van der Waals surface area contributed by atoms with Crippen LogP contribution >= 0.6 is 0 Å². The molecule has 1 aromatic carbocycles. The van der Waals surface area contributed by atoms with Gasteiger partial charge in [-0.05, 0) is 36.1 Å².